The minimum Gasteiger partial charge on any atom is -0.305 e. The van der Waals surface area contributed by atoms with Crippen LogP contribution in [0.4, 0.5) is 0 Å². The zero-order chi connectivity index (χ0) is 9.42. The van der Waals surface area contributed by atoms with Crippen molar-refractivity contribution in [2.24, 2.45) is 0 Å². The maximum Gasteiger partial charge on any atom is 0.101 e. The van der Waals surface area contributed by atoms with Crippen LogP contribution >= 0.6 is 0 Å². The third-order valence-electron chi connectivity index (χ3n) is 2.21. The first-order chi connectivity index (χ1) is 6.18. The van der Waals surface area contributed by atoms with Crippen LogP contribution in [0, 0.1) is 12.3 Å². The number of nitrogens with one attached hydrogen (secondary N) is 1. The van der Waals surface area contributed by atoms with Crippen molar-refractivity contribution in [1.29, 1.82) is 5.41 Å². The third-order valence-corrected chi connectivity index (χ3v) is 2.21. The van der Waals surface area contributed by atoms with Crippen LogP contribution in [0.5, 0.6) is 0 Å². The molecule has 0 radical (unpaired) electrons. The van der Waals surface area contributed by atoms with E-state index in [4.69, 9.17) is 5.41 Å². The van der Waals surface area contributed by atoms with Crippen molar-refractivity contribution in [3.8, 4) is 0 Å². The fourth-order valence-electron chi connectivity index (χ4n) is 1.55. The van der Waals surface area contributed by atoms with Gasteiger partial charge in [-0.3, -0.25) is 5.41 Å². The van der Waals surface area contributed by atoms with E-state index in [1.54, 1.807) is 6.92 Å². The van der Waals surface area contributed by atoms with Crippen molar-refractivity contribution >= 4 is 16.7 Å². The first-order valence-corrected chi connectivity index (χ1v) is 4.32. The molecule has 13 heavy (non-hydrogen) atoms. The molecule has 2 rings (SSSR count). The summed E-state index contributed by atoms with van der Waals surface area (Å²) in [6.07, 6.45) is 1.94. The average Bonchev–Trinajstić information content (AvgIpc) is 2.46. The van der Waals surface area contributed by atoms with Gasteiger partial charge in [-0.2, -0.15) is 0 Å². The summed E-state index contributed by atoms with van der Waals surface area (Å²) in [5.41, 5.74) is 2.37. The lowest BCUT2D eigenvalue weighted by Crippen LogP contribution is -2.02. The molecule has 66 valence electrons. The van der Waals surface area contributed by atoms with Crippen molar-refractivity contribution < 1.29 is 0 Å². The van der Waals surface area contributed by atoms with Gasteiger partial charge in [0.05, 0.1) is 5.52 Å². The average molecular weight is 172 g/mol. The Morgan fingerprint density at radius 3 is 2.77 bits per heavy atom. The monoisotopic (exact) mass is 172 g/mol. The summed E-state index contributed by atoms with van der Waals surface area (Å²) >= 11 is 0. The molecule has 1 heterocycles. The molecule has 0 fully saturated rings. The Bertz CT molecular complexity index is 466. The molecule has 0 spiro atoms. The predicted octanol–water partition coefficient (Wildman–Crippen LogP) is 2.79. The van der Waals surface area contributed by atoms with Gasteiger partial charge in [0.1, 0.15) is 5.84 Å². The molecule has 0 saturated heterocycles. The van der Waals surface area contributed by atoms with Crippen LogP contribution in [-0.4, -0.2) is 10.4 Å². The van der Waals surface area contributed by atoms with Crippen LogP contribution in [0.1, 0.15) is 12.5 Å². The van der Waals surface area contributed by atoms with E-state index in [9.17, 15) is 0 Å². The molecular formula is C11H12N2. The number of nitrogens with zero attached hydrogens (tertiary/aromatic N) is 1. The summed E-state index contributed by atoms with van der Waals surface area (Å²) in [4.78, 5) is 0. The molecule has 2 aromatic rings. The van der Waals surface area contributed by atoms with Crippen LogP contribution in [0.25, 0.3) is 10.9 Å². The molecule has 1 aromatic carbocycles. The SMILES string of the molecule is CC(=N)n1ccc2cc(C)ccc21. The van der Waals surface area contributed by atoms with Crippen molar-refractivity contribution in [1.82, 2.24) is 4.57 Å². The van der Waals surface area contributed by atoms with E-state index >= 15 is 0 Å². The van der Waals surface area contributed by atoms with Gasteiger partial charge in [-0.15, -0.1) is 0 Å². The zero-order valence-corrected chi connectivity index (χ0v) is 7.83. The highest BCUT2D eigenvalue weighted by Crippen LogP contribution is 2.16. The lowest BCUT2D eigenvalue weighted by atomic mass is 10.2. The summed E-state index contributed by atoms with van der Waals surface area (Å²) in [6.45, 7) is 3.87. The van der Waals surface area contributed by atoms with Crippen molar-refractivity contribution in [3.05, 3.63) is 36.0 Å². The molecule has 0 saturated carbocycles. The molecule has 0 amide bonds. The Labute approximate surface area is 77.3 Å². The van der Waals surface area contributed by atoms with Crippen LogP contribution in [0.3, 0.4) is 0 Å². The molecule has 0 aliphatic heterocycles. The lowest BCUT2D eigenvalue weighted by Gasteiger charge is -2.01. The number of aryl methyl sites for hydroxylation is 1. The van der Waals surface area contributed by atoms with Gasteiger partial charge in [0, 0.05) is 11.6 Å². The second-order valence-corrected chi connectivity index (χ2v) is 3.33. The zero-order valence-electron chi connectivity index (χ0n) is 7.83. The molecule has 1 N–H and O–H groups in total. The molecule has 2 nitrogen and oxygen atoms in total. The molecular weight excluding hydrogens is 160 g/mol. The smallest absolute Gasteiger partial charge is 0.101 e. The summed E-state index contributed by atoms with van der Waals surface area (Å²) in [6, 6.07) is 8.31. The number of benzene rings is 1. The first-order valence-electron chi connectivity index (χ1n) is 4.32. The van der Waals surface area contributed by atoms with Gasteiger partial charge >= 0.3 is 0 Å². The molecule has 0 bridgehead atoms. The summed E-state index contributed by atoms with van der Waals surface area (Å²) in [7, 11) is 0. The number of hydrogen-bond donors (Lipinski definition) is 1. The number of hydrogen-bond acceptors (Lipinski definition) is 1. The van der Waals surface area contributed by atoms with Crippen molar-refractivity contribution in [2.45, 2.75) is 13.8 Å². The van der Waals surface area contributed by atoms with E-state index in [0.29, 0.717) is 5.84 Å². The lowest BCUT2D eigenvalue weighted by molar-refractivity contribution is 1.16. The maximum atomic E-state index is 7.55. The summed E-state index contributed by atoms with van der Waals surface area (Å²) < 4.78 is 1.88. The largest absolute Gasteiger partial charge is 0.305 e. The van der Waals surface area contributed by atoms with Gasteiger partial charge in [-0.05, 0) is 32.0 Å². The molecule has 0 atom stereocenters. The van der Waals surface area contributed by atoms with Crippen LogP contribution in [0.15, 0.2) is 30.5 Å². The van der Waals surface area contributed by atoms with Crippen LogP contribution < -0.4 is 0 Å². The second-order valence-electron chi connectivity index (χ2n) is 3.33. The van der Waals surface area contributed by atoms with E-state index in [2.05, 4.69) is 25.1 Å². The highest BCUT2D eigenvalue weighted by Gasteiger charge is 2.00. The van der Waals surface area contributed by atoms with Crippen molar-refractivity contribution in [3.63, 3.8) is 0 Å². The standard InChI is InChI=1S/C11H12N2/c1-8-3-4-11-10(7-8)5-6-13(11)9(2)12/h3-7,12H,1-2H3. The van der Waals surface area contributed by atoms with E-state index in [1.165, 1.54) is 10.9 Å². The molecule has 2 heteroatoms. The number of fused-ring (bicyclic) bond motifs is 1. The van der Waals surface area contributed by atoms with E-state index in [-0.39, 0.29) is 0 Å². The van der Waals surface area contributed by atoms with Crippen LogP contribution in [-0.2, 0) is 0 Å². The van der Waals surface area contributed by atoms with Gasteiger partial charge in [0.25, 0.3) is 0 Å². The summed E-state index contributed by atoms with van der Waals surface area (Å²) in [5, 5.41) is 8.75. The van der Waals surface area contributed by atoms with Gasteiger partial charge < -0.3 is 4.57 Å². The van der Waals surface area contributed by atoms with E-state index < -0.39 is 0 Å². The molecule has 0 unspecified atom stereocenters. The summed E-state index contributed by atoms with van der Waals surface area (Å²) in [5.74, 6) is 0.554. The fraction of sp³-hybridized carbons (Fsp3) is 0.182. The molecule has 0 aliphatic carbocycles. The Kier molecular flexibility index (Phi) is 1.69. The normalized spacial score (nSPS) is 10.6. The van der Waals surface area contributed by atoms with Gasteiger partial charge in [0.15, 0.2) is 0 Å². The minimum atomic E-state index is 0.554. The first kappa shape index (κ1) is 8.05. The molecule has 1 aromatic heterocycles. The number of rotatable bonds is 0. The van der Waals surface area contributed by atoms with Gasteiger partial charge in [-0.25, -0.2) is 0 Å². The highest BCUT2D eigenvalue weighted by atomic mass is 15.0. The Morgan fingerprint density at radius 1 is 1.31 bits per heavy atom. The fourth-order valence-corrected chi connectivity index (χ4v) is 1.55. The number of aromatic nitrogens is 1. The maximum absolute atomic E-state index is 7.55. The van der Waals surface area contributed by atoms with E-state index in [1.807, 2.05) is 16.8 Å². The quantitative estimate of drug-likeness (QED) is 0.467. The molecule has 0 aliphatic rings. The van der Waals surface area contributed by atoms with E-state index in [0.717, 1.165) is 5.52 Å². The topological polar surface area (TPSA) is 28.8 Å². The highest BCUT2D eigenvalue weighted by molar-refractivity contribution is 5.92. The Balaban J connectivity index is 2.76. The predicted molar refractivity (Wildman–Crippen MR) is 55.5 cm³/mol. The minimum absolute atomic E-state index is 0.554. The van der Waals surface area contributed by atoms with Crippen molar-refractivity contribution in [2.75, 3.05) is 0 Å². The van der Waals surface area contributed by atoms with Gasteiger partial charge in [-0.1, -0.05) is 11.6 Å². The Hall–Kier alpha value is -1.57. The third kappa shape index (κ3) is 1.24. The second kappa shape index (κ2) is 2.73. The van der Waals surface area contributed by atoms with Gasteiger partial charge in [0.2, 0.25) is 0 Å². The Morgan fingerprint density at radius 2 is 2.08 bits per heavy atom. The van der Waals surface area contributed by atoms with Crippen LogP contribution in [0.2, 0.25) is 0 Å².